The number of hydrogen-bond acceptors (Lipinski definition) is 5. The first-order valence-corrected chi connectivity index (χ1v) is 12.6. The molecule has 1 aliphatic carbocycles. The van der Waals surface area contributed by atoms with Crippen molar-refractivity contribution in [3.63, 3.8) is 0 Å². The van der Waals surface area contributed by atoms with Gasteiger partial charge in [0.15, 0.2) is 0 Å². The van der Waals surface area contributed by atoms with E-state index in [1.807, 2.05) is 29.5 Å². The summed E-state index contributed by atoms with van der Waals surface area (Å²) in [6.45, 7) is 10.8. The molecule has 0 spiro atoms. The van der Waals surface area contributed by atoms with Crippen molar-refractivity contribution in [2.24, 2.45) is 11.3 Å². The number of anilines is 2. The highest BCUT2D eigenvalue weighted by molar-refractivity contribution is 7.19. The predicted molar refractivity (Wildman–Crippen MR) is 133 cm³/mol. The molecule has 5 rings (SSSR count). The molecule has 0 radical (unpaired) electrons. The molecular formula is C24H28Cl2N4S. The molecule has 1 atom stereocenters. The molecule has 0 saturated carbocycles. The third kappa shape index (κ3) is 4.12. The summed E-state index contributed by atoms with van der Waals surface area (Å²) < 4.78 is 0. The lowest BCUT2D eigenvalue weighted by molar-refractivity contribution is 0.218. The van der Waals surface area contributed by atoms with Crippen LogP contribution in [0.15, 0.2) is 24.3 Å². The van der Waals surface area contributed by atoms with Gasteiger partial charge >= 0.3 is 0 Å². The fourth-order valence-electron chi connectivity index (χ4n) is 4.95. The van der Waals surface area contributed by atoms with Crippen molar-refractivity contribution < 1.29 is 0 Å². The number of hydrogen-bond donors (Lipinski definition) is 0. The zero-order chi connectivity index (χ0) is 21.8. The smallest absolute Gasteiger partial charge is 0.225 e. The Hall–Kier alpha value is -1.56. The minimum atomic E-state index is 0.330. The molecule has 7 heteroatoms. The van der Waals surface area contributed by atoms with Crippen LogP contribution in [0.3, 0.4) is 0 Å². The van der Waals surface area contributed by atoms with Crippen LogP contribution in [-0.2, 0) is 12.8 Å². The highest BCUT2D eigenvalue weighted by atomic mass is 35.5. The van der Waals surface area contributed by atoms with Gasteiger partial charge in [-0.3, -0.25) is 0 Å². The van der Waals surface area contributed by atoms with E-state index in [1.165, 1.54) is 27.9 Å². The summed E-state index contributed by atoms with van der Waals surface area (Å²) in [6, 6.07) is 8.10. The molecule has 1 unspecified atom stereocenters. The van der Waals surface area contributed by atoms with Crippen LogP contribution in [0.25, 0.3) is 10.2 Å². The molecule has 3 heterocycles. The van der Waals surface area contributed by atoms with Gasteiger partial charge in [0.05, 0.1) is 5.39 Å². The van der Waals surface area contributed by atoms with Crippen LogP contribution in [0.4, 0.5) is 11.5 Å². The van der Waals surface area contributed by atoms with Crippen LogP contribution in [0.2, 0.25) is 10.3 Å². The monoisotopic (exact) mass is 474 g/mol. The van der Waals surface area contributed by atoms with E-state index in [0.717, 1.165) is 54.7 Å². The highest BCUT2D eigenvalue weighted by Gasteiger charge is 2.33. The van der Waals surface area contributed by atoms with E-state index in [0.29, 0.717) is 16.6 Å². The fourth-order valence-corrected chi connectivity index (χ4v) is 6.64. The number of fused-ring (bicyclic) bond motifs is 3. The van der Waals surface area contributed by atoms with Crippen molar-refractivity contribution in [1.82, 2.24) is 9.97 Å². The third-order valence-electron chi connectivity index (χ3n) is 6.84. The molecule has 2 aromatic heterocycles. The summed E-state index contributed by atoms with van der Waals surface area (Å²) in [5.41, 5.74) is 2.97. The Labute approximate surface area is 198 Å². The van der Waals surface area contributed by atoms with Gasteiger partial charge in [-0.2, -0.15) is 4.98 Å². The molecular weight excluding hydrogens is 447 g/mol. The first kappa shape index (κ1) is 21.3. The molecule has 1 aliphatic heterocycles. The van der Waals surface area contributed by atoms with Gasteiger partial charge < -0.3 is 9.80 Å². The molecule has 31 heavy (non-hydrogen) atoms. The van der Waals surface area contributed by atoms with Gasteiger partial charge in [-0.05, 0) is 66.0 Å². The molecule has 1 aromatic carbocycles. The quantitative estimate of drug-likeness (QED) is 0.398. The minimum absolute atomic E-state index is 0.330. The number of aryl methyl sites for hydroxylation is 1. The number of thiophene rings is 1. The Kier molecular flexibility index (Phi) is 5.56. The summed E-state index contributed by atoms with van der Waals surface area (Å²) in [6.07, 6.45) is 3.48. The van der Waals surface area contributed by atoms with Crippen molar-refractivity contribution in [2.45, 2.75) is 40.0 Å². The van der Waals surface area contributed by atoms with E-state index < -0.39 is 0 Å². The number of aromatic nitrogens is 2. The van der Waals surface area contributed by atoms with Crippen molar-refractivity contribution in [2.75, 3.05) is 36.0 Å². The van der Waals surface area contributed by atoms with E-state index in [1.54, 1.807) is 0 Å². The van der Waals surface area contributed by atoms with Crippen molar-refractivity contribution >= 4 is 56.3 Å². The van der Waals surface area contributed by atoms with E-state index in [4.69, 9.17) is 28.2 Å². The molecule has 0 N–H and O–H groups in total. The van der Waals surface area contributed by atoms with Gasteiger partial charge in [-0.15, -0.1) is 11.3 Å². The number of piperazine rings is 1. The molecule has 164 valence electrons. The molecule has 2 aliphatic rings. The minimum Gasteiger partial charge on any atom is -0.368 e. The summed E-state index contributed by atoms with van der Waals surface area (Å²) >= 11 is 14.4. The van der Waals surface area contributed by atoms with E-state index in [2.05, 4.69) is 41.6 Å². The van der Waals surface area contributed by atoms with Gasteiger partial charge in [-0.25, -0.2) is 4.98 Å². The number of halogens is 2. The molecule has 0 amide bonds. The summed E-state index contributed by atoms with van der Waals surface area (Å²) in [5, 5.41) is 2.38. The lowest BCUT2D eigenvalue weighted by atomic mass is 9.72. The standard InChI is InChI=1S/C24H28Cl2N4S/c1-24(2,3)15-7-8-18-19(13-15)31-22-20(18)21(27-23(26)28-22)30-11-9-29(10-12-30)17-6-4-5-16(25)14-17/h4-6,14-15H,7-13H2,1-3H3. The van der Waals surface area contributed by atoms with Crippen molar-refractivity contribution in [3.05, 3.63) is 45.0 Å². The molecule has 1 saturated heterocycles. The van der Waals surface area contributed by atoms with Crippen molar-refractivity contribution in [1.29, 1.82) is 0 Å². The maximum Gasteiger partial charge on any atom is 0.225 e. The molecule has 3 aromatic rings. The van der Waals surface area contributed by atoms with Crippen LogP contribution in [0, 0.1) is 11.3 Å². The average Bonchev–Trinajstić information content (AvgIpc) is 3.10. The fraction of sp³-hybridized carbons (Fsp3) is 0.500. The van der Waals surface area contributed by atoms with Gasteiger partial charge in [0.25, 0.3) is 0 Å². The number of nitrogens with zero attached hydrogens (tertiary/aromatic N) is 4. The molecule has 4 nitrogen and oxygen atoms in total. The maximum absolute atomic E-state index is 6.38. The second-order valence-electron chi connectivity index (χ2n) is 9.76. The predicted octanol–water partition coefficient (Wildman–Crippen LogP) is 6.48. The Bertz CT molecular complexity index is 1110. The van der Waals surface area contributed by atoms with E-state index in [9.17, 15) is 0 Å². The second kappa shape index (κ2) is 8.09. The Morgan fingerprint density at radius 1 is 1.03 bits per heavy atom. The van der Waals surface area contributed by atoms with Crippen LogP contribution >= 0.6 is 34.5 Å². The Morgan fingerprint density at radius 2 is 1.77 bits per heavy atom. The van der Waals surface area contributed by atoms with Gasteiger partial charge in [-0.1, -0.05) is 38.4 Å². The number of benzene rings is 1. The van der Waals surface area contributed by atoms with Crippen LogP contribution < -0.4 is 9.80 Å². The third-order valence-corrected chi connectivity index (χ3v) is 8.39. The maximum atomic E-state index is 6.38. The van der Waals surface area contributed by atoms with Crippen molar-refractivity contribution in [3.8, 4) is 0 Å². The Morgan fingerprint density at radius 3 is 2.48 bits per heavy atom. The Balaban J connectivity index is 1.44. The van der Waals surface area contributed by atoms with E-state index in [-0.39, 0.29) is 0 Å². The van der Waals surface area contributed by atoms with E-state index >= 15 is 0 Å². The first-order valence-electron chi connectivity index (χ1n) is 11.0. The van der Waals surface area contributed by atoms with Crippen LogP contribution in [0.1, 0.15) is 37.6 Å². The van der Waals surface area contributed by atoms with Gasteiger partial charge in [0.1, 0.15) is 10.6 Å². The summed E-state index contributed by atoms with van der Waals surface area (Å²) in [5.74, 6) is 1.73. The lowest BCUT2D eigenvalue weighted by Crippen LogP contribution is -2.47. The highest BCUT2D eigenvalue weighted by Crippen LogP contribution is 2.45. The second-order valence-corrected chi connectivity index (χ2v) is 11.6. The first-order chi connectivity index (χ1) is 14.8. The topological polar surface area (TPSA) is 32.3 Å². The lowest BCUT2D eigenvalue weighted by Gasteiger charge is -2.37. The van der Waals surface area contributed by atoms with Crippen LogP contribution in [-0.4, -0.2) is 36.1 Å². The van der Waals surface area contributed by atoms with Gasteiger partial charge in [0, 0.05) is 41.8 Å². The zero-order valence-corrected chi connectivity index (χ0v) is 20.6. The average molecular weight is 475 g/mol. The summed E-state index contributed by atoms with van der Waals surface area (Å²) in [7, 11) is 0. The normalized spacial score (nSPS) is 19.7. The zero-order valence-electron chi connectivity index (χ0n) is 18.3. The SMILES string of the molecule is CC(C)(C)C1CCc2c(sc3nc(Cl)nc(N4CCN(c5cccc(Cl)c5)CC4)c23)C1. The largest absolute Gasteiger partial charge is 0.368 e. The van der Waals surface area contributed by atoms with Gasteiger partial charge in [0.2, 0.25) is 5.28 Å². The summed E-state index contributed by atoms with van der Waals surface area (Å²) in [4.78, 5) is 16.7. The molecule has 1 fully saturated rings. The molecule has 0 bridgehead atoms. The van der Waals surface area contributed by atoms with Crippen LogP contribution in [0.5, 0.6) is 0 Å². The number of rotatable bonds is 2.